The average molecular weight is 892 g/mol. The number of nitrogens with two attached hydrogens (primary N) is 1. The summed E-state index contributed by atoms with van der Waals surface area (Å²) in [5.41, 5.74) is 5.46. The summed E-state index contributed by atoms with van der Waals surface area (Å²) < 4.78 is 30.1. The molecule has 2 rings (SSSR count). The first kappa shape index (κ1) is 54.9. The second-order valence-electron chi connectivity index (χ2n) is 20.9. The first-order valence-corrected chi connectivity index (χ1v) is 25.7. The summed E-state index contributed by atoms with van der Waals surface area (Å²) in [6, 6.07) is 5.21. The number of methoxy groups -OCH3 is 1. The smallest absolute Gasteiger partial charge is 0.407 e. The molecule has 0 unspecified atom stereocenters. The first-order valence-electron chi connectivity index (χ1n) is 22.7. The number of morpholine rings is 1. The minimum Gasteiger partial charge on any atom is -0.493 e. The molecule has 1 heterocycles. The molecule has 1 aromatic carbocycles. The van der Waals surface area contributed by atoms with Crippen LogP contribution in [0.25, 0.3) is 0 Å². The van der Waals surface area contributed by atoms with Crippen molar-refractivity contribution in [3.8, 4) is 5.75 Å². The second kappa shape index (κ2) is 24.7. The zero-order valence-corrected chi connectivity index (χ0v) is 42.1. The van der Waals surface area contributed by atoms with E-state index in [2.05, 4.69) is 68.6 Å². The lowest BCUT2D eigenvalue weighted by Crippen LogP contribution is -2.55. The molecule has 4 amide bonds. The molecule has 0 spiro atoms. The first-order chi connectivity index (χ1) is 28.7. The minimum absolute atomic E-state index is 0.0828. The molecule has 0 aliphatic carbocycles. The Balaban J connectivity index is 2.53. The Kier molecular flexibility index (Phi) is 21.9. The molecule has 1 saturated heterocycles. The fourth-order valence-corrected chi connectivity index (χ4v) is 8.20. The van der Waals surface area contributed by atoms with Gasteiger partial charge in [-0.15, -0.1) is 0 Å². The lowest BCUT2D eigenvalue weighted by Gasteiger charge is -2.43. The quantitative estimate of drug-likeness (QED) is 0.0576. The summed E-state index contributed by atoms with van der Waals surface area (Å²) in [5.74, 6) is -1.09. The average Bonchev–Trinajstić information content (AvgIpc) is 3.15. The fraction of sp³-hybridized carbons (Fsp3) is 0.787. The topological polar surface area (TPSA) is 180 Å². The highest BCUT2D eigenvalue weighted by Gasteiger charge is 2.43. The predicted molar refractivity (Wildman–Crippen MR) is 249 cm³/mol. The number of nitrogens with one attached hydrogen (secondary N) is 3. The van der Waals surface area contributed by atoms with Crippen LogP contribution >= 0.6 is 0 Å². The Labute approximate surface area is 375 Å². The number of hydrogen-bond acceptors (Lipinski definition) is 10. The van der Waals surface area contributed by atoms with Gasteiger partial charge in [0.15, 0.2) is 8.32 Å². The number of alkyl carbamates (subject to hydrolysis) is 1. The lowest BCUT2D eigenvalue weighted by molar-refractivity contribution is -0.130. The van der Waals surface area contributed by atoms with Gasteiger partial charge in [-0.3, -0.25) is 19.3 Å². The van der Waals surface area contributed by atoms with Crippen molar-refractivity contribution < 1.29 is 42.6 Å². The molecule has 14 nitrogen and oxygen atoms in total. The standard InChI is InChI=1S/C47H85N5O9Si/c1-32(2)35(29-49-41(53)36-19-18-34(30-52-20-24-58-25-21-52)26-39(36)59-23-17-16-22-57-13)27-38(51-44(56)60-45(5,6)7)40(61-62(14,15)46(8,9)10)28-37(33(3)4)42(54)50-31-47(11,12)43(48)55/h18-19,26,32-33,35,37-38,40H,16-17,20-25,27-31H2,1-15H3,(H2,48,55)(H,49,53)(H,50,54)(H,51,56)/t35-,37+,38+,40+/m1/s1. The van der Waals surface area contributed by atoms with Crippen LogP contribution in [0.5, 0.6) is 5.75 Å². The van der Waals surface area contributed by atoms with E-state index in [4.69, 9.17) is 29.1 Å². The highest BCUT2D eigenvalue weighted by molar-refractivity contribution is 6.74. The van der Waals surface area contributed by atoms with E-state index in [-0.39, 0.29) is 41.2 Å². The highest BCUT2D eigenvalue weighted by Crippen LogP contribution is 2.39. The number of amides is 4. The van der Waals surface area contributed by atoms with Gasteiger partial charge in [-0.1, -0.05) is 54.5 Å². The normalized spacial score (nSPS) is 16.3. The molecule has 356 valence electrons. The Morgan fingerprint density at radius 1 is 0.887 bits per heavy atom. The van der Waals surface area contributed by atoms with Crippen LogP contribution in [0, 0.1) is 29.1 Å². The molecule has 0 saturated carbocycles. The Morgan fingerprint density at radius 2 is 1.52 bits per heavy atom. The van der Waals surface area contributed by atoms with Gasteiger partial charge in [-0.05, 0) is 114 Å². The van der Waals surface area contributed by atoms with Gasteiger partial charge >= 0.3 is 6.09 Å². The van der Waals surface area contributed by atoms with Crippen LogP contribution in [0.15, 0.2) is 18.2 Å². The number of ether oxygens (including phenoxy) is 4. The van der Waals surface area contributed by atoms with Crippen LogP contribution in [0.4, 0.5) is 4.79 Å². The number of nitrogens with zero attached hydrogens (tertiary/aromatic N) is 1. The Hall–Kier alpha value is -3.24. The predicted octanol–water partition coefficient (Wildman–Crippen LogP) is 7.29. The van der Waals surface area contributed by atoms with E-state index >= 15 is 0 Å². The summed E-state index contributed by atoms with van der Waals surface area (Å²) in [4.78, 5) is 56.3. The van der Waals surface area contributed by atoms with Gasteiger partial charge < -0.3 is 45.1 Å². The van der Waals surface area contributed by atoms with Crippen molar-refractivity contribution in [2.24, 2.45) is 34.8 Å². The van der Waals surface area contributed by atoms with Gasteiger partial charge in [-0.2, -0.15) is 0 Å². The molecule has 1 aromatic rings. The molecule has 1 aliphatic rings. The maximum atomic E-state index is 14.1. The van der Waals surface area contributed by atoms with Crippen LogP contribution in [-0.4, -0.2) is 114 Å². The SMILES string of the molecule is COCCCCOc1cc(CN2CCOCC2)ccc1C(=O)NC[C@@H](C[C@H](NC(=O)OC(C)(C)C)[C@H](C[C@H](C(=O)NCC(C)(C)C(N)=O)C(C)C)O[Si](C)(C)C(C)(C)C)C(C)C. The van der Waals surface area contributed by atoms with E-state index in [0.717, 1.165) is 38.0 Å². The van der Waals surface area contributed by atoms with Crippen LogP contribution in [0.2, 0.25) is 18.1 Å². The Bertz CT molecular complexity index is 1570. The zero-order valence-electron chi connectivity index (χ0n) is 41.1. The second-order valence-corrected chi connectivity index (χ2v) is 25.7. The third-order valence-corrected chi connectivity index (χ3v) is 16.7. The summed E-state index contributed by atoms with van der Waals surface area (Å²) >= 11 is 0. The number of carbonyl (C=O) groups is 4. The van der Waals surface area contributed by atoms with Crippen molar-refractivity contribution in [2.45, 2.75) is 151 Å². The van der Waals surface area contributed by atoms with Crippen molar-refractivity contribution in [3.05, 3.63) is 29.3 Å². The van der Waals surface area contributed by atoms with Crippen molar-refractivity contribution in [1.29, 1.82) is 0 Å². The molecular formula is C47H85N5O9Si. The van der Waals surface area contributed by atoms with Gasteiger partial charge in [0.1, 0.15) is 11.4 Å². The molecule has 4 atom stereocenters. The molecule has 0 radical (unpaired) electrons. The molecule has 0 aromatic heterocycles. The summed E-state index contributed by atoms with van der Waals surface area (Å²) in [7, 11) is -0.837. The van der Waals surface area contributed by atoms with Crippen molar-refractivity contribution in [2.75, 3.05) is 59.7 Å². The van der Waals surface area contributed by atoms with Crippen molar-refractivity contribution in [3.63, 3.8) is 0 Å². The van der Waals surface area contributed by atoms with Crippen LogP contribution in [0.1, 0.15) is 125 Å². The van der Waals surface area contributed by atoms with E-state index < -0.39 is 49.4 Å². The van der Waals surface area contributed by atoms with Gasteiger partial charge in [0, 0.05) is 52.4 Å². The van der Waals surface area contributed by atoms with Crippen LogP contribution < -0.4 is 26.4 Å². The minimum atomic E-state index is -2.52. The number of benzene rings is 1. The maximum absolute atomic E-state index is 14.1. The molecule has 1 fully saturated rings. The third kappa shape index (κ3) is 18.8. The molecular weight excluding hydrogens is 807 g/mol. The van der Waals surface area contributed by atoms with E-state index in [1.165, 1.54) is 0 Å². The molecule has 5 N–H and O–H groups in total. The van der Waals surface area contributed by atoms with E-state index in [9.17, 15) is 19.2 Å². The highest BCUT2D eigenvalue weighted by atomic mass is 28.4. The monoisotopic (exact) mass is 892 g/mol. The number of unbranched alkanes of at least 4 members (excludes halogenated alkanes) is 1. The Morgan fingerprint density at radius 3 is 2.06 bits per heavy atom. The lowest BCUT2D eigenvalue weighted by atomic mass is 9.82. The molecule has 1 aliphatic heterocycles. The number of primary amides is 1. The van der Waals surface area contributed by atoms with Crippen LogP contribution in [0.3, 0.4) is 0 Å². The van der Waals surface area contributed by atoms with E-state index in [1.807, 2.05) is 52.8 Å². The number of hydrogen-bond donors (Lipinski definition) is 4. The molecule has 62 heavy (non-hydrogen) atoms. The van der Waals surface area contributed by atoms with Crippen molar-refractivity contribution >= 4 is 32.1 Å². The van der Waals surface area contributed by atoms with Gasteiger partial charge in [0.05, 0.1) is 42.9 Å². The third-order valence-electron chi connectivity index (χ3n) is 12.2. The maximum Gasteiger partial charge on any atom is 0.407 e. The van der Waals surface area contributed by atoms with Crippen LogP contribution in [-0.2, 0) is 34.8 Å². The summed E-state index contributed by atoms with van der Waals surface area (Å²) in [6.45, 7) is 33.1. The summed E-state index contributed by atoms with van der Waals surface area (Å²) in [6.07, 6.45) is 1.17. The number of rotatable bonds is 25. The van der Waals surface area contributed by atoms with Gasteiger partial charge in [0.2, 0.25) is 11.8 Å². The van der Waals surface area contributed by atoms with Gasteiger partial charge in [-0.25, -0.2) is 4.79 Å². The van der Waals surface area contributed by atoms with Gasteiger partial charge in [0.25, 0.3) is 5.91 Å². The molecule has 0 bridgehead atoms. The largest absolute Gasteiger partial charge is 0.493 e. The van der Waals surface area contributed by atoms with E-state index in [0.29, 0.717) is 57.1 Å². The van der Waals surface area contributed by atoms with Crippen molar-refractivity contribution in [1.82, 2.24) is 20.9 Å². The zero-order chi connectivity index (χ0) is 47.1. The fourth-order valence-electron chi connectivity index (χ4n) is 6.83. The number of carbonyl (C=O) groups excluding carboxylic acids is 4. The van der Waals surface area contributed by atoms with E-state index in [1.54, 1.807) is 21.0 Å². The molecule has 15 heteroatoms. The summed E-state index contributed by atoms with van der Waals surface area (Å²) in [5, 5.41) is 9.20.